The third-order valence-corrected chi connectivity index (χ3v) is 1.98. The molecule has 5 heteroatoms. The second-order valence-electron chi connectivity index (χ2n) is 1.43. The van der Waals surface area contributed by atoms with E-state index in [2.05, 4.69) is 4.99 Å². The molecule has 2 nitrogen and oxygen atoms in total. The normalized spacial score (nSPS) is 26.3. The molecule has 0 radical (unpaired) electrons. The summed E-state index contributed by atoms with van der Waals surface area (Å²) in [6.07, 6.45) is 2.91. The Morgan fingerprint density at radius 1 is 1.67 bits per heavy atom. The Hall–Kier alpha value is 0.0800. The number of hydrogen-bond acceptors (Lipinski definition) is 2. The van der Waals surface area contributed by atoms with Crippen molar-refractivity contribution in [3.05, 3.63) is 11.4 Å². The van der Waals surface area contributed by atoms with Crippen molar-refractivity contribution < 1.29 is 0 Å². The molecule has 0 aromatic rings. The van der Waals surface area contributed by atoms with Crippen LogP contribution in [0, 0.1) is 0 Å². The standard InChI is InChI=1S/C4H3Cl3N2/c5-3-1-8-2-4(6)9(3)7/h1-3H. The molecule has 1 unspecified atom stereocenters. The van der Waals surface area contributed by atoms with Crippen molar-refractivity contribution in [2.75, 3.05) is 0 Å². The van der Waals surface area contributed by atoms with Crippen molar-refractivity contribution in [2.45, 2.75) is 5.50 Å². The first-order chi connectivity index (χ1) is 4.22. The topological polar surface area (TPSA) is 15.6 Å². The van der Waals surface area contributed by atoms with E-state index in [4.69, 9.17) is 35.0 Å². The third kappa shape index (κ3) is 1.51. The summed E-state index contributed by atoms with van der Waals surface area (Å²) in [6, 6.07) is 0. The molecule has 9 heavy (non-hydrogen) atoms. The maximum absolute atomic E-state index is 5.58. The molecular formula is C4H3Cl3N2. The zero-order valence-corrected chi connectivity index (χ0v) is 6.53. The molecule has 0 saturated heterocycles. The van der Waals surface area contributed by atoms with Gasteiger partial charge in [-0.2, -0.15) is 0 Å². The second-order valence-corrected chi connectivity index (χ2v) is 2.63. The van der Waals surface area contributed by atoms with Gasteiger partial charge in [0, 0.05) is 18.0 Å². The van der Waals surface area contributed by atoms with Gasteiger partial charge in [0.1, 0.15) is 5.16 Å². The summed E-state index contributed by atoms with van der Waals surface area (Å²) < 4.78 is 1.19. The van der Waals surface area contributed by atoms with Crippen LogP contribution in [0.4, 0.5) is 0 Å². The van der Waals surface area contributed by atoms with Crippen LogP contribution in [0.2, 0.25) is 0 Å². The van der Waals surface area contributed by atoms with Gasteiger partial charge >= 0.3 is 0 Å². The molecule has 0 amide bonds. The number of aliphatic imine (C=N–C) groups is 1. The highest BCUT2D eigenvalue weighted by Gasteiger charge is 2.15. The zero-order chi connectivity index (χ0) is 6.85. The Labute approximate surface area is 67.8 Å². The number of halogens is 3. The maximum atomic E-state index is 5.58. The minimum absolute atomic E-state index is 0.333. The molecule has 1 aliphatic heterocycles. The summed E-state index contributed by atoms with van der Waals surface area (Å²) in [5.41, 5.74) is -0.441. The summed E-state index contributed by atoms with van der Waals surface area (Å²) in [5, 5.41) is 0.333. The lowest BCUT2D eigenvalue weighted by Gasteiger charge is -2.18. The second kappa shape index (κ2) is 2.78. The van der Waals surface area contributed by atoms with Crippen LogP contribution >= 0.6 is 35.0 Å². The van der Waals surface area contributed by atoms with Crippen LogP contribution in [0.3, 0.4) is 0 Å². The third-order valence-electron chi connectivity index (χ3n) is 0.811. The van der Waals surface area contributed by atoms with E-state index >= 15 is 0 Å². The molecule has 0 bridgehead atoms. The lowest BCUT2D eigenvalue weighted by atomic mass is 10.6. The number of alkyl halides is 1. The van der Waals surface area contributed by atoms with Gasteiger partial charge < -0.3 is 0 Å². The predicted molar refractivity (Wildman–Crippen MR) is 39.8 cm³/mol. The summed E-state index contributed by atoms with van der Waals surface area (Å²) >= 11 is 16.6. The molecule has 1 aliphatic rings. The number of hydrogen-bond donors (Lipinski definition) is 0. The van der Waals surface area contributed by atoms with E-state index in [-0.39, 0.29) is 0 Å². The van der Waals surface area contributed by atoms with E-state index in [1.807, 2.05) is 0 Å². The van der Waals surface area contributed by atoms with Gasteiger partial charge in [0.15, 0.2) is 5.50 Å². The van der Waals surface area contributed by atoms with Crippen LogP contribution < -0.4 is 0 Å². The van der Waals surface area contributed by atoms with Crippen molar-refractivity contribution in [1.29, 1.82) is 0 Å². The Morgan fingerprint density at radius 2 is 2.33 bits per heavy atom. The molecule has 0 aromatic carbocycles. The van der Waals surface area contributed by atoms with Crippen molar-refractivity contribution in [2.24, 2.45) is 4.99 Å². The van der Waals surface area contributed by atoms with E-state index < -0.39 is 5.50 Å². The number of nitrogens with zero attached hydrogens (tertiary/aromatic N) is 2. The molecule has 1 rings (SSSR count). The SMILES string of the molecule is ClC1=CN=CC(Cl)N1Cl. The fourth-order valence-corrected chi connectivity index (χ4v) is 0.883. The smallest absolute Gasteiger partial charge is 0.155 e. The van der Waals surface area contributed by atoms with E-state index in [0.717, 1.165) is 0 Å². The first-order valence-corrected chi connectivity index (χ1v) is 3.35. The van der Waals surface area contributed by atoms with E-state index in [1.165, 1.54) is 16.8 Å². The summed E-state index contributed by atoms with van der Waals surface area (Å²) in [7, 11) is 0. The largest absolute Gasteiger partial charge is 0.262 e. The molecule has 0 N–H and O–H groups in total. The fourth-order valence-electron chi connectivity index (χ4n) is 0.407. The average molecular weight is 185 g/mol. The fraction of sp³-hybridized carbons (Fsp3) is 0.250. The van der Waals surface area contributed by atoms with Crippen LogP contribution in [0.25, 0.3) is 0 Å². The quantitative estimate of drug-likeness (QED) is 0.321. The van der Waals surface area contributed by atoms with Crippen LogP contribution in [-0.2, 0) is 0 Å². The highest BCUT2D eigenvalue weighted by Crippen LogP contribution is 2.20. The molecule has 0 aromatic heterocycles. The van der Waals surface area contributed by atoms with Crippen LogP contribution in [0.15, 0.2) is 16.3 Å². The minimum Gasteiger partial charge on any atom is -0.262 e. The molecule has 0 fully saturated rings. The monoisotopic (exact) mass is 184 g/mol. The van der Waals surface area contributed by atoms with Gasteiger partial charge in [0.05, 0.1) is 6.20 Å². The lowest BCUT2D eigenvalue weighted by Crippen LogP contribution is -2.22. The van der Waals surface area contributed by atoms with Gasteiger partial charge in [0.2, 0.25) is 0 Å². The van der Waals surface area contributed by atoms with Crippen LogP contribution in [-0.4, -0.2) is 16.1 Å². The Bertz CT molecular complexity index is 165. The Balaban J connectivity index is 2.73. The Kier molecular flexibility index (Phi) is 2.22. The molecule has 50 valence electrons. The van der Waals surface area contributed by atoms with Crippen molar-refractivity contribution in [3.63, 3.8) is 0 Å². The van der Waals surface area contributed by atoms with Gasteiger partial charge in [-0.3, -0.25) is 4.99 Å². The average Bonchev–Trinajstić information content (AvgIpc) is 1.83. The van der Waals surface area contributed by atoms with Crippen molar-refractivity contribution in [1.82, 2.24) is 4.42 Å². The zero-order valence-electron chi connectivity index (χ0n) is 4.26. The van der Waals surface area contributed by atoms with E-state index in [9.17, 15) is 0 Å². The summed E-state index contributed by atoms with van der Waals surface area (Å²) in [5.74, 6) is 0. The Morgan fingerprint density at radius 3 is 2.78 bits per heavy atom. The van der Waals surface area contributed by atoms with Crippen LogP contribution in [0.5, 0.6) is 0 Å². The lowest BCUT2D eigenvalue weighted by molar-refractivity contribution is 0.629. The molecule has 0 spiro atoms. The van der Waals surface area contributed by atoms with Crippen molar-refractivity contribution in [3.8, 4) is 0 Å². The predicted octanol–water partition coefficient (Wildman–Crippen LogP) is 2.13. The first-order valence-electron chi connectivity index (χ1n) is 2.20. The minimum atomic E-state index is -0.441. The highest BCUT2D eigenvalue weighted by atomic mass is 35.5. The van der Waals surface area contributed by atoms with Crippen LogP contribution in [0.1, 0.15) is 0 Å². The van der Waals surface area contributed by atoms with Gasteiger partial charge in [-0.1, -0.05) is 23.2 Å². The molecule has 1 atom stereocenters. The van der Waals surface area contributed by atoms with Crippen molar-refractivity contribution >= 4 is 41.2 Å². The summed E-state index contributed by atoms with van der Waals surface area (Å²) in [6.45, 7) is 0. The molecular weight excluding hydrogens is 182 g/mol. The number of rotatable bonds is 0. The highest BCUT2D eigenvalue weighted by molar-refractivity contribution is 6.38. The van der Waals surface area contributed by atoms with Gasteiger partial charge in [-0.15, -0.1) is 0 Å². The van der Waals surface area contributed by atoms with Gasteiger partial charge in [-0.05, 0) is 0 Å². The molecule has 0 saturated carbocycles. The molecule has 1 heterocycles. The molecule has 0 aliphatic carbocycles. The first kappa shape index (κ1) is 7.19. The van der Waals surface area contributed by atoms with E-state index in [0.29, 0.717) is 5.16 Å². The summed E-state index contributed by atoms with van der Waals surface area (Å²) in [4.78, 5) is 3.71. The van der Waals surface area contributed by atoms with Gasteiger partial charge in [0.25, 0.3) is 0 Å². The maximum Gasteiger partial charge on any atom is 0.155 e. The van der Waals surface area contributed by atoms with Gasteiger partial charge in [-0.25, -0.2) is 4.42 Å². The van der Waals surface area contributed by atoms with E-state index in [1.54, 1.807) is 0 Å².